The van der Waals surface area contributed by atoms with Gasteiger partial charge >= 0.3 is 5.69 Å². The summed E-state index contributed by atoms with van der Waals surface area (Å²) in [7, 11) is 1.27. The molecule has 31 heavy (non-hydrogen) atoms. The number of phenolic OH excluding ortho intramolecular Hbond substituents is 1. The van der Waals surface area contributed by atoms with Crippen LogP contribution in [0.15, 0.2) is 71.8 Å². The number of carbonyl (C=O) groups is 1. The van der Waals surface area contributed by atoms with E-state index in [1.807, 2.05) is 48.5 Å². The third kappa shape index (κ3) is 5.36. The van der Waals surface area contributed by atoms with Crippen LogP contribution in [0, 0.1) is 10.1 Å². The summed E-state index contributed by atoms with van der Waals surface area (Å²) in [6, 6.07) is 19.4. The fourth-order valence-corrected chi connectivity index (χ4v) is 2.79. The fraction of sp³-hybridized carbons (Fsp3) is 0.0909. The van der Waals surface area contributed by atoms with Gasteiger partial charge in [0.25, 0.3) is 5.91 Å². The van der Waals surface area contributed by atoms with Crippen LogP contribution in [0.5, 0.6) is 17.2 Å². The van der Waals surface area contributed by atoms with Crippen LogP contribution < -0.4 is 14.9 Å². The Hall–Kier alpha value is -4.40. The SMILES string of the molecule is COc1cc(/C=N/NC(=O)COc2ccccc2-c2ccccc2)cc([N+](=O)[O-])c1O. The molecule has 0 saturated heterocycles. The normalized spacial score (nSPS) is 10.6. The Bertz CT molecular complexity index is 1120. The van der Waals surface area contributed by atoms with E-state index in [1.165, 1.54) is 19.4 Å². The smallest absolute Gasteiger partial charge is 0.315 e. The number of ether oxygens (including phenoxy) is 2. The number of nitrogens with zero attached hydrogens (tertiary/aromatic N) is 2. The van der Waals surface area contributed by atoms with Crippen LogP contribution >= 0.6 is 0 Å². The first-order chi connectivity index (χ1) is 15.0. The molecular formula is C22H19N3O6. The van der Waals surface area contributed by atoms with Gasteiger partial charge in [0.1, 0.15) is 5.75 Å². The molecule has 0 aliphatic rings. The number of nitrogens with one attached hydrogen (secondary N) is 1. The molecule has 0 spiro atoms. The van der Waals surface area contributed by atoms with Crippen molar-refractivity contribution in [1.29, 1.82) is 0 Å². The number of nitro groups is 1. The maximum atomic E-state index is 12.1. The number of para-hydroxylation sites is 1. The van der Waals surface area contributed by atoms with Gasteiger partial charge in [-0.05, 0) is 17.7 Å². The fourth-order valence-electron chi connectivity index (χ4n) is 2.79. The molecule has 0 bridgehead atoms. The van der Waals surface area contributed by atoms with Gasteiger partial charge in [-0.25, -0.2) is 5.43 Å². The minimum absolute atomic E-state index is 0.0807. The van der Waals surface area contributed by atoms with E-state index in [0.717, 1.165) is 17.2 Å². The highest BCUT2D eigenvalue weighted by molar-refractivity contribution is 5.85. The number of carbonyl (C=O) groups excluding carboxylic acids is 1. The number of methoxy groups -OCH3 is 1. The maximum Gasteiger partial charge on any atom is 0.315 e. The molecule has 2 N–H and O–H groups in total. The van der Waals surface area contributed by atoms with E-state index in [2.05, 4.69) is 10.5 Å². The van der Waals surface area contributed by atoms with Crippen LogP contribution in [0.3, 0.4) is 0 Å². The Kier molecular flexibility index (Phi) is 6.79. The lowest BCUT2D eigenvalue weighted by Gasteiger charge is -2.10. The topological polar surface area (TPSA) is 123 Å². The number of phenols is 1. The van der Waals surface area contributed by atoms with E-state index >= 15 is 0 Å². The Morgan fingerprint density at radius 3 is 2.55 bits per heavy atom. The second kappa shape index (κ2) is 9.88. The standard InChI is InChI=1S/C22H19N3O6/c1-30-20-12-15(11-18(22(20)27)25(28)29)13-23-24-21(26)14-31-19-10-6-5-9-17(19)16-7-3-2-4-8-16/h2-13,27H,14H2,1H3,(H,24,26)/b23-13+. The molecule has 9 nitrogen and oxygen atoms in total. The molecule has 158 valence electrons. The molecule has 1 amide bonds. The molecule has 0 fully saturated rings. The number of hydrogen-bond donors (Lipinski definition) is 2. The van der Waals surface area contributed by atoms with Gasteiger partial charge in [0.15, 0.2) is 12.4 Å². The van der Waals surface area contributed by atoms with E-state index < -0.39 is 22.3 Å². The summed E-state index contributed by atoms with van der Waals surface area (Å²) in [5, 5.41) is 24.6. The van der Waals surface area contributed by atoms with Crippen molar-refractivity contribution >= 4 is 17.8 Å². The lowest BCUT2D eigenvalue weighted by atomic mass is 10.1. The van der Waals surface area contributed by atoms with Crippen molar-refractivity contribution in [3.63, 3.8) is 0 Å². The summed E-state index contributed by atoms with van der Waals surface area (Å²) < 4.78 is 10.5. The highest BCUT2D eigenvalue weighted by atomic mass is 16.6. The number of hydrazone groups is 1. The summed E-state index contributed by atoms with van der Waals surface area (Å²) >= 11 is 0. The van der Waals surface area contributed by atoms with Crippen LogP contribution in [0.25, 0.3) is 11.1 Å². The first-order valence-corrected chi connectivity index (χ1v) is 9.14. The summed E-state index contributed by atoms with van der Waals surface area (Å²) in [5.74, 6) is -0.631. The average molecular weight is 421 g/mol. The first-order valence-electron chi connectivity index (χ1n) is 9.14. The van der Waals surface area contributed by atoms with Crippen molar-refractivity contribution in [3.8, 4) is 28.4 Å². The quantitative estimate of drug-likeness (QED) is 0.326. The lowest BCUT2D eigenvalue weighted by Crippen LogP contribution is -2.24. The predicted octanol–water partition coefficient (Wildman–Crippen LogP) is 3.51. The maximum absolute atomic E-state index is 12.1. The monoisotopic (exact) mass is 421 g/mol. The summed E-state index contributed by atoms with van der Waals surface area (Å²) in [6.45, 7) is -0.278. The van der Waals surface area contributed by atoms with Crippen molar-refractivity contribution < 1.29 is 24.3 Å². The Balaban J connectivity index is 1.64. The number of aromatic hydroxyl groups is 1. The molecule has 3 rings (SSSR count). The van der Waals surface area contributed by atoms with E-state index in [1.54, 1.807) is 6.07 Å². The van der Waals surface area contributed by atoms with Crippen LogP contribution in [-0.4, -0.2) is 35.9 Å². The minimum Gasteiger partial charge on any atom is -0.500 e. The molecule has 3 aromatic rings. The number of hydrogen-bond acceptors (Lipinski definition) is 7. The van der Waals surface area contributed by atoms with Gasteiger partial charge in [-0.2, -0.15) is 5.10 Å². The highest BCUT2D eigenvalue weighted by Gasteiger charge is 2.19. The Morgan fingerprint density at radius 2 is 1.84 bits per heavy atom. The van der Waals surface area contributed by atoms with Crippen LogP contribution in [0.2, 0.25) is 0 Å². The summed E-state index contributed by atoms with van der Waals surface area (Å²) in [4.78, 5) is 22.4. The molecule has 0 aliphatic heterocycles. The summed E-state index contributed by atoms with van der Waals surface area (Å²) in [5.41, 5.74) is 3.83. The average Bonchev–Trinajstić information content (AvgIpc) is 2.79. The zero-order valence-corrected chi connectivity index (χ0v) is 16.5. The lowest BCUT2D eigenvalue weighted by molar-refractivity contribution is -0.386. The Labute approximate surface area is 177 Å². The molecule has 0 radical (unpaired) electrons. The zero-order chi connectivity index (χ0) is 22.2. The molecule has 0 aliphatic carbocycles. The molecule has 9 heteroatoms. The third-order valence-electron chi connectivity index (χ3n) is 4.23. The van der Waals surface area contributed by atoms with E-state index in [0.29, 0.717) is 5.75 Å². The third-order valence-corrected chi connectivity index (χ3v) is 4.23. The van der Waals surface area contributed by atoms with Crippen LogP contribution in [0.4, 0.5) is 5.69 Å². The predicted molar refractivity (Wildman–Crippen MR) is 114 cm³/mol. The molecule has 0 unspecified atom stereocenters. The van der Waals surface area contributed by atoms with Gasteiger partial charge in [-0.3, -0.25) is 14.9 Å². The molecule has 0 saturated carbocycles. The number of benzene rings is 3. The van der Waals surface area contributed by atoms with Crippen molar-refractivity contribution in [2.75, 3.05) is 13.7 Å². The van der Waals surface area contributed by atoms with Crippen molar-refractivity contribution in [2.45, 2.75) is 0 Å². The second-order valence-electron chi connectivity index (χ2n) is 6.29. The van der Waals surface area contributed by atoms with E-state index in [-0.39, 0.29) is 17.9 Å². The molecule has 3 aromatic carbocycles. The first kappa shape index (κ1) is 21.3. The van der Waals surface area contributed by atoms with Gasteiger partial charge in [-0.15, -0.1) is 0 Å². The Morgan fingerprint density at radius 1 is 1.13 bits per heavy atom. The van der Waals surface area contributed by atoms with Gasteiger partial charge in [0.05, 0.1) is 18.2 Å². The number of nitro benzene ring substituents is 1. The zero-order valence-electron chi connectivity index (χ0n) is 16.5. The highest BCUT2D eigenvalue weighted by Crippen LogP contribution is 2.36. The minimum atomic E-state index is -0.744. The number of amides is 1. The molecule has 0 aromatic heterocycles. The van der Waals surface area contributed by atoms with Crippen LogP contribution in [-0.2, 0) is 4.79 Å². The second-order valence-corrected chi connectivity index (χ2v) is 6.29. The van der Waals surface area contributed by atoms with Crippen molar-refractivity contribution in [3.05, 3.63) is 82.4 Å². The molecule has 0 atom stereocenters. The van der Waals surface area contributed by atoms with E-state index in [4.69, 9.17) is 9.47 Å². The van der Waals surface area contributed by atoms with Gasteiger partial charge in [0, 0.05) is 17.2 Å². The van der Waals surface area contributed by atoms with E-state index in [9.17, 15) is 20.0 Å². The van der Waals surface area contributed by atoms with Gasteiger partial charge in [0.2, 0.25) is 5.75 Å². The van der Waals surface area contributed by atoms with Gasteiger partial charge in [-0.1, -0.05) is 48.5 Å². The summed E-state index contributed by atoms with van der Waals surface area (Å²) in [6.07, 6.45) is 1.20. The van der Waals surface area contributed by atoms with Crippen molar-refractivity contribution in [1.82, 2.24) is 5.43 Å². The van der Waals surface area contributed by atoms with Gasteiger partial charge < -0.3 is 14.6 Å². The van der Waals surface area contributed by atoms with Crippen molar-refractivity contribution in [2.24, 2.45) is 5.10 Å². The van der Waals surface area contributed by atoms with Crippen LogP contribution in [0.1, 0.15) is 5.56 Å². The molecule has 0 heterocycles. The molecular weight excluding hydrogens is 402 g/mol. The number of rotatable bonds is 8. The largest absolute Gasteiger partial charge is 0.500 e.